The van der Waals surface area contributed by atoms with Gasteiger partial charge in [0, 0.05) is 23.3 Å². The summed E-state index contributed by atoms with van der Waals surface area (Å²) in [7, 11) is 0. The molecule has 17 heavy (non-hydrogen) atoms. The molecule has 0 aliphatic carbocycles. The van der Waals surface area contributed by atoms with Crippen LogP contribution in [0.5, 0.6) is 0 Å². The second-order valence-corrected chi connectivity index (χ2v) is 5.12. The van der Waals surface area contributed by atoms with Gasteiger partial charge >= 0.3 is 0 Å². The summed E-state index contributed by atoms with van der Waals surface area (Å²) < 4.78 is 0. The maximum absolute atomic E-state index is 4.07. The predicted octanol–water partition coefficient (Wildman–Crippen LogP) is 2.69. The van der Waals surface area contributed by atoms with Crippen LogP contribution >= 0.6 is 11.8 Å². The van der Waals surface area contributed by atoms with Gasteiger partial charge in [0.15, 0.2) is 0 Å². The molecule has 0 fully saturated rings. The number of hydrogen-bond acceptors (Lipinski definition) is 3. The van der Waals surface area contributed by atoms with Crippen molar-refractivity contribution < 1.29 is 0 Å². The van der Waals surface area contributed by atoms with Gasteiger partial charge in [0.25, 0.3) is 0 Å². The number of benzene rings is 1. The topological polar surface area (TPSA) is 31.9 Å². The highest BCUT2D eigenvalue weighted by Crippen LogP contribution is 2.32. The van der Waals surface area contributed by atoms with Crippen molar-refractivity contribution in [2.24, 2.45) is 0 Å². The normalized spacial score (nSPS) is 14.1. The van der Waals surface area contributed by atoms with Crippen molar-refractivity contribution >= 4 is 17.4 Å². The fourth-order valence-corrected chi connectivity index (χ4v) is 2.73. The van der Waals surface area contributed by atoms with Crippen LogP contribution in [0.2, 0.25) is 0 Å². The molecule has 0 unspecified atom stereocenters. The molecule has 1 aromatic carbocycles. The molecule has 88 valence electrons. The van der Waals surface area contributed by atoms with E-state index in [-0.39, 0.29) is 0 Å². The van der Waals surface area contributed by atoms with E-state index >= 15 is 0 Å². The Kier molecular flexibility index (Phi) is 2.81. The second kappa shape index (κ2) is 4.45. The third kappa shape index (κ3) is 2.05. The molecule has 1 aromatic heterocycles. The first-order valence-corrected chi connectivity index (χ1v) is 6.98. The van der Waals surface area contributed by atoms with Crippen molar-refractivity contribution in [3.05, 3.63) is 42.0 Å². The van der Waals surface area contributed by atoms with Gasteiger partial charge in [-0.15, -0.1) is 11.8 Å². The Hall–Kier alpha value is -1.42. The molecule has 1 aliphatic rings. The number of aromatic nitrogens is 2. The highest BCUT2D eigenvalue weighted by atomic mass is 32.2. The van der Waals surface area contributed by atoms with Crippen LogP contribution in [-0.4, -0.2) is 22.8 Å². The van der Waals surface area contributed by atoms with E-state index in [4.69, 9.17) is 0 Å². The number of aromatic amines is 1. The summed E-state index contributed by atoms with van der Waals surface area (Å²) in [6, 6.07) is 6.76. The summed E-state index contributed by atoms with van der Waals surface area (Å²) in [4.78, 5) is 11.0. The molecule has 2 heterocycles. The first-order valence-electron chi connectivity index (χ1n) is 5.76. The molecule has 4 heteroatoms. The monoisotopic (exact) mass is 245 g/mol. The first kappa shape index (κ1) is 10.7. The maximum Gasteiger partial charge on any atom is 0.0922 e. The number of anilines is 1. The molecular formula is C13H15N3S. The van der Waals surface area contributed by atoms with E-state index in [0.717, 1.165) is 19.5 Å². The van der Waals surface area contributed by atoms with Gasteiger partial charge in [0.05, 0.1) is 18.6 Å². The summed E-state index contributed by atoms with van der Waals surface area (Å²) in [5, 5.41) is 0. The van der Waals surface area contributed by atoms with Crippen molar-refractivity contribution in [2.45, 2.75) is 17.9 Å². The van der Waals surface area contributed by atoms with E-state index in [1.807, 2.05) is 6.20 Å². The van der Waals surface area contributed by atoms with Crippen molar-refractivity contribution in [2.75, 3.05) is 17.7 Å². The lowest BCUT2D eigenvalue weighted by atomic mass is 10.2. The molecule has 0 amide bonds. The quantitative estimate of drug-likeness (QED) is 0.844. The van der Waals surface area contributed by atoms with Gasteiger partial charge in [-0.05, 0) is 30.4 Å². The fraction of sp³-hybridized carbons (Fsp3) is 0.308. The molecule has 0 radical (unpaired) electrons. The SMILES string of the molecule is CSc1ccc2c(c1)N(Cc1cnc[nH]1)CC2. The maximum atomic E-state index is 4.07. The van der Waals surface area contributed by atoms with Crippen LogP contribution in [0.4, 0.5) is 5.69 Å². The average Bonchev–Trinajstić information content (AvgIpc) is 2.99. The van der Waals surface area contributed by atoms with Crippen molar-refractivity contribution in [3.8, 4) is 0 Å². The number of H-pyrrole nitrogens is 1. The fourth-order valence-electron chi connectivity index (χ4n) is 2.29. The van der Waals surface area contributed by atoms with Gasteiger partial charge < -0.3 is 9.88 Å². The summed E-state index contributed by atoms with van der Waals surface area (Å²) in [5.74, 6) is 0. The molecule has 0 bridgehead atoms. The smallest absolute Gasteiger partial charge is 0.0922 e. The van der Waals surface area contributed by atoms with E-state index in [2.05, 4.69) is 39.3 Å². The van der Waals surface area contributed by atoms with Gasteiger partial charge in [-0.1, -0.05) is 6.07 Å². The van der Waals surface area contributed by atoms with Crippen molar-refractivity contribution in [1.82, 2.24) is 9.97 Å². The van der Waals surface area contributed by atoms with Crippen LogP contribution in [0.1, 0.15) is 11.3 Å². The minimum Gasteiger partial charge on any atom is -0.365 e. The van der Waals surface area contributed by atoms with Gasteiger partial charge in [0.1, 0.15) is 0 Å². The van der Waals surface area contributed by atoms with E-state index in [1.165, 1.54) is 21.8 Å². The van der Waals surface area contributed by atoms with E-state index in [1.54, 1.807) is 18.1 Å². The standard InChI is InChI=1S/C13H15N3S/c1-17-12-3-2-10-4-5-16(13(10)6-12)8-11-7-14-9-15-11/h2-3,6-7,9H,4-5,8H2,1H3,(H,14,15). The highest BCUT2D eigenvalue weighted by molar-refractivity contribution is 7.98. The van der Waals surface area contributed by atoms with Crippen LogP contribution in [0.3, 0.4) is 0 Å². The number of thioether (sulfide) groups is 1. The summed E-state index contributed by atoms with van der Waals surface area (Å²) in [6.45, 7) is 2.02. The number of hydrogen-bond donors (Lipinski definition) is 1. The molecule has 3 nitrogen and oxygen atoms in total. The molecule has 0 atom stereocenters. The molecule has 0 saturated carbocycles. The molecular weight excluding hydrogens is 230 g/mol. The Morgan fingerprint density at radius 2 is 2.41 bits per heavy atom. The zero-order valence-corrected chi connectivity index (χ0v) is 10.6. The lowest BCUT2D eigenvalue weighted by Gasteiger charge is -2.18. The minimum atomic E-state index is 0.921. The minimum absolute atomic E-state index is 0.921. The Labute approximate surface area is 105 Å². The Bertz CT molecular complexity index is 507. The Morgan fingerprint density at radius 3 is 3.18 bits per heavy atom. The average molecular weight is 245 g/mol. The van der Waals surface area contributed by atoms with Crippen LogP contribution in [0.25, 0.3) is 0 Å². The molecule has 1 N–H and O–H groups in total. The first-order chi connectivity index (χ1) is 8.36. The van der Waals surface area contributed by atoms with Crippen LogP contribution in [0, 0.1) is 0 Å². The van der Waals surface area contributed by atoms with E-state index in [9.17, 15) is 0 Å². The van der Waals surface area contributed by atoms with E-state index in [0.29, 0.717) is 0 Å². The number of nitrogens with zero attached hydrogens (tertiary/aromatic N) is 2. The third-order valence-electron chi connectivity index (χ3n) is 3.20. The summed E-state index contributed by atoms with van der Waals surface area (Å²) in [6.07, 6.45) is 6.91. The summed E-state index contributed by atoms with van der Waals surface area (Å²) >= 11 is 1.80. The van der Waals surface area contributed by atoms with Crippen molar-refractivity contribution in [3.63, 3.8) is 0 Å². The highest BCUT2D eigenvalue weighted by Gasteiger charge is 2.19. The zero-order chi connectivity index (χ0) is 11.7. The van der Waals surface area contributed by atoms with Crippen molar-refractivity contribution in [1.29, 1.82) is 0 Å². The third-order valence-corrected chi connectivity index (χ3v) is 3.93. The molecule has 0 saturated heterocycles. The predicted molar refractivity (Wildman–Crippen MR) is 71.6 cm³/mol. The lowest BCUT2D eigenvalue weighted by molar-refractivity contribution is 0.819. The molecule has 1 aliphatic heterocycles. The second-order valence-electron chi connectivity index (χ2n) is 4.24. The number of imidazole rings is 1. The van der Waals surface area contributed by atoms with Gasteiger partial charge in [-0.25, -0.2) is 4.98 Å². The number of rotatable bonds is 3. The van der Waals surface area contributed by atoms with E-state index < -0.39 is 0 Å². The van der Waals surface area contributed by atoms with Gasteiger partial charge in [0.2, 0.25) is 0 Å². The Morgan fingerprint density at radius 1 is 1.47 bits per heavy atom. The molecule has 0 spiro atoms. The summed E-state index contributed by atoms with van der Waals surface area (Å²) in [5.41, 5.74) is 4.01. The molecule has 3 rings (SSSR count). The van der Waals surface area contributed by atoms with Crippen LogP contribution in [-0.2, 0) is 13.0 Å². The zero-order valence-electron chi connectivity index (χ0n) is 9.81. The number of fused-ring (bicyclic) bond motifs is 1. The van der Waals surface area contributed by atoms with Gasteiger partial charge in [-0.2, -0.15) is 0 Å². The largest absolute Gasteiger partial charge is 0.365 e. The number of nitrogens with one attached hydrogen (secondary N) is 1. The molecule has 2 aromatic rings. The van der Waals surface area contributed by atoms with Gasteiger partial charge in [-0.3, -0.25) is 0 Å². The lowest BCUT2D eigenvalue weighted by Crippen LogP contribution is -2.19. The van der Waals surface area contributed by atoms with Crippen LogP contribution in [0.15, 0.2) is 35.6 Å². The Balaban J connectivity index is 1.87. The van der Waals surface area contributed by atoms with Crippen LogP contribution < -0.4 is 4.90 Å².